The first kappa shape index (κ1) is 25.8. The molecule has 8 nitrogen and oxygen atoms in total. The highest BCUT2D eigenvalue weighted by atomic mass is 32.2. The number of nitrogens with one attached hydrogen (secondary N) is 2. The molecule has 0 bridgehead atoms. The van der Waals surface area contributed by atoms with Gasteiger partial charge < -0.3 is 34.7 Å². The molecule has 30 heavy (non-hydrogen) atoms. The van der Waals surface area contributed by atoms with Crippen molar-refractivity contribution < 1.29 is 28.8 Å². The minimum absolute atomic E-state index is 0.0166. The van der Waals surface area contributed by atoms with Crippen molar-refractivity contribution in [1.29, 1.82) is 0 Å². The van der Waals surface area contributed by atoms with E-state index >= 15 is 0 Å². The average Bonchev–Trinajstić information content (AvgIpc) is 2.77. The maximum atomic E-state index is 9.54. The molecule has 0 fully saturated rings. The van der Waals surface area contributed by atoms with E-state index < -0.39 is 5.97 Å². The quantitative estimate of drug-likeness (QED) is 0.473. The number of rotatable bonds is 10. The number of ether oxygens (including phenoxy) is 4. The summed E-state index contributed by atoms with van der Waals surface area (Å²) < 4.78 is 21.6. The number of allylic oxidation sites excluding steroid dienone is 2. The third-order valence-electron chi connectivity index (χ3n) is 4.14. The molecule has 2 atom stereocenters. The number of carboxylic acids is 1. The van der Waals surface area contributed by atoms with Crippen LogP contribution in [0, 0.1) is 0 Å². The van der Waals surface area contributed by atoms with Crippen LogP contribution in [-0.2, 0) is 23.7 Å². The smallest absolute Gasteiger partial charge is 0.317 e. The molecule has 0 saturated carbocycles. The highest BCUT2D eigenvalue weighted by molar-refractivity contribution is 8.02. The lowest BCUT2D eigenvalue weighted by molar-refractivity contribution is -0.135. The Labute approximate surface area is 182 Å². The summed E-state index contributed by atoms with van der Waals surface area (Å²) in [5.41, 5.74) is 2.18. The largest absolute Gasteiger partial charge is 0.500 e. The predicted molar refractivity (Wildman–Crippen MR) is 119 cm³/mol. The SMILES string of the molecule is CNCC(=O)O.COC1=CC(OC)CC(OC)=C1/C=C/SCC1=CNC(OC)C=C1. The molecule has 2 rings (SSSR count). The highest BCUT2D eigenvalue weighted by Crippen LogP contribution is 2.29. The van der Waals surface area contributed by atoms with Crippen LogP contribution in [0.5, 0.6) is 0 Å². The van der Waals surface area contributed by atoms with E-state index in [0.717, 1.165) is 22.8 Å². The zero-order valence-corrected chi connectivity index (χ0v) is 19.0. The maximum Gasteiger partial charge on any atom is 0.317 e. The molecule has 2 unspecified atom stereocenters. The second kappa shape index (κ2) is 14.7. The molecule has 0 radical (unpaired) electrons. The second-order valence-corrected chi connectivity index (χ2v) is 7.09. The van der Waals surface area contributed by atoms with Crippen LogP contribution in [0.3, 0.4) is 0 Å². The summed E-state index contributed by atoms with van der Waals surface area (Å²) in [6.07, 6.45) is 10.7. The van der Waals surface area contributed by atoms with Crippen molar-refractivity contribution in [1.82, 2.24) is 10.6 Å². The molecule has 0 saturated heterocycles. The fourth-order valence-electron chi connectivity index (χ4n) is 2.60. The molecule has 3 N–H and O–H groups in total. The van der Waals surface area contributed by atoms with Crippen molar-refractivity contribution in [2.75, 3.05) is 47.8 Å². The van der Waals surface area contributed by atoms with E-state index in [1.165, 1.54) is 5.57 Å². The molecule has 0 aromatic rings. The Bertz CT molecular complexity index is 700. The molecule has 1 aliphatic carbocycles. The van der Waals surface area contributed by atoms with Crippen LogP contribution in [-0.4, -0.2) is 71.2 Å². The zero-order chi connectivity index (χ0) is 22.4. The molecule has 0 spiro atoms. The van der Waals surface area contributed by atoms with E-state index in [9.17, 15) is 4.79 Å². The summed E-state index contributed by atoms with van der Waals surface area (Å²) >= 11 is 1.71. The molecule has 0 aromatic heterocycles. The van der Waals surface area contributed by atoms with E-state index in [1.807, 2.05) is 24.4 Å². The van der Waals surface area contributed by atoms with Gasteiger partial charge in [-0.3, -0.25) is 4.79 Å². The Morgan fingerprint density at radius 1 is 1.30 bits per heavy atom. The number of hydrogen-bond acceptors (Lipinski definition) is 8. The van der Waals surface area contributed by atoms with Gasteiger partial charge in [-0.25, -0.2) is 0 Å². The first-order valence-electron chi connectivity index (χ1n) is 9.35. The second-order valence-electron chi connectivity index (χ2n) is 6.19. The van der Waals surface area contributed by atoms with E-state index in [2.05, 4.69) is 22.1 Å². The molecule has 2 aliphatic rings. The average molecular weight is 441 g/mol. The van der Waals surface area contributed by atoms with Gasteiger partial charge in [0.15, 0.2) is 0 Å². The van der Waals surface area contributed by atoms with Gasteiger partial charge in [0, 0.05) is 32.6 Å². The van der Waals surface area contributed by atoms with Gasteiger partial charge in [-0.1, -0.05) is 6.08 Å². The van der Waals surface area contributed by atoms with Gasteiger partial charge in [-0.15, -0.1) is 11.8 Å². The third kappa shape index (κ3) is 9.08. The summed E-state index contributed by atoms with van der Waals surface area (Å²) in [7, 11) is 8.30. The summed E-state index contributed by atoms with van der Waals surface area (Å²) in [6, 6.07) is 0. The predicted octanol–water partition coefficient (Wildman–Crippen LogP) is 2.39. The summed E-state index contributed by atoms with van der Waals surface area (Å²) in [5, 5.41) is 15.6. The highest BCUT2D eigenvalue weighted by Gasteiger charge is 2.22. The van der Waals surface area contributed by atoms with Crippen LogP contribution in [0.1, 0.15) is 6.42 Å². The van der Waals surface area contributed by atoms with Crippen molar-refractivity contribution in [3.63, 3.8) is 0 Å². The fourth-order valence-corrected chi connectivity index (χ4v) is 3.30. The van der Waals surface area contributed by atoms with E-state index in [1.54, 1.807) is 47.2 Å². The standard InChI is InChI=1S/C18H25NO4S.C3H7NO2/c1-20-14-9-16(21-2)15(17(10-14)22-3)7-8-24-12-13-5-6-18(23-4)19-11-13;1-4-2-3(5)6/h5-9,11,14,18-19H,10,12H2,1-4H3;4H,2H2,1H3,(H,5,6)/b8-7+;. The van der Waals surface area contributed by atoms with Gasteiger partial charge in [-0.2, -0.15) is 0 Å². The lowest BCUT2D eigenvalue weighted by atomic mass is 10.0. The Morgan fingerprint density at radius 2 is 2.07 bits per heavy atom. The van der Waals surface area contributed by atoms with E-state index in [4.69, 9.17) is 24.1 Å². The van der Waals surface area contributed by atoms with Gasteiger partial charge in [0.05, 0.1) is 32.4 Å². The number of thioether (sulfide) groups is 1. The molecule has 1 aliphatic heterocycles. The van der Waals surface area contributed by atoms with Crippen LogP contribution >= 0.6 is 11.8 Å². The molecule has 0 aromatic carbocycles. The monoisotopic (exact) mass is 440 g/mol. The molecule has 9 heteroatoms. The Kier molecular flexibility index (Phi) is 12.7. The summed E-state index contributed by atoms with van der Waals surface area (Å²) in [5.74, 6) is 1.71. The maximum absolute atomic E-state index is 9.54. The van der Waals surface area contributed by atoms with Crippen molar-refractivity contribution in [2.24, 2.45) is 0 Å². The van der Waals surface area contributed by atoms with Gasteiger partial charge >= 0.3 is 5.97 Å². The Hall–Kier alpha value is -2.20. The van der Waals surface area contributed by atoms with Gasteiger partial charge in [-0.05, 0) is 36.3 Å². The number of likely N-dealkylation sites (N-methyl/N-ethyl adjacent to an activating group) is 1. The Morgan fingerprint density at radius 3 is 2.53 bits per heavy atom. The number of carbonyl (C=O) groups is 1. The lowest BCUT2D eigenvalue weighted by Crippen LogP contribution is -2.26. The number of carboxylic acid groups (broad SMARTS) is 1. The van der Waals surface area contributed by atoms with E-state index in [-0.39, 0.29) is 18.9 Å². The molecule has 1 heterocycles. The van der Waals surface area contributed by atoms with Crippen LogP contribution in [0.15, 0.2) is 58.6 Å². The van der Waals surface area contributed by atoms with Crippen molar-refractivity contribution in [2.45, 2.75) is 18.8 Å². The number of aliphatic carboxylic acids is 1. The van der Waals surface area contributed by atoms with Crippen LogP contribution in [0.4, 0.5) is 0 Å². The first-order valence-corrected chi connectivity index (χ1v) is 10.4. The number of hydrogen-bond donors (Lipinski definition) is 3. The molecule has 0 amide bonds. The normalized spacial score (nSPS) is 20.7. The van der Waals surface area contributed by atoms with Crippen LogP contribution < -0.4 is 10.6 Å². The summed E-state index contributed by atoms with van der Waals surface area (Å²) in [6.45, 7) is 0.0417. The fraction of sp³-hybridized carbons (Fsp3) is 0.476. The van der Waals surface area contributed by atoms with Crippen LogP contribution in [0.25, 0.3) is 0 Å². The zero-order valence-electron chi connectivity index (χ0n) is 18.1. The van der Waals surface area contributed by atoms with Crippen LogP contribution in [0.2, 0.25) is 0 Å². The number of methoxy groups -OCH3 is 4. The minimum Gasteiger partial charge on any atom is -0.500 e. The van der Waals surface area contributed by atoms with Gasteiger partial charge in [0.1, 0.15) is 17.7 Å². The van der Waals surface area contributed by atoms with E-state index in [0.29, 0.717) is 6.42 Å². The molecular formula is C21H32N2O6S. The molecule has 168 valence electrons. The summed E-state index contributed by atoms with van der Waals surface area (Å²) in [4.78, 5) is 9.54. The van der Waals surface area contributed by atoms with Gasteiger partial charge in [0.25, 0.3) is 0 Å². The third-order valence-corrected chi connectivity index (χ3v) is 4.97. The first-order chi connectivity index (χ1) is 14.5. The van der Waals surface area contributed by atoms with Crippen molar-refractivity contribution in [3.05, 3.63) is 58.6 Å². The number of dihydropyridines is 1. The van der Waals surface area contributed by atoms with Crippen molar-refractivity contribution >= 4 is 17.7 Å². The van der Waals surface area contributed by atoms with Crippen molar-refractivity contribution in [3.8, 4) is 0 Å². The van der Waals surface area contributed by atoms with Gasteiger partial charge in [0.2, 0.25) is 0 Å². The topological polar surface area (TPSA) is 98.3 Å². The molecular weight excluding hydrogens is 408 g/mol. The Balaban J connectivity index is 0.000000656. The minimum atomic E-state index is -0.822. The lowest BCUT2D eigenvalue weighted by Gasteiger charge is -2.23.